The molecule has 110 valence electrons. The number of imidazole rings is 1. The second-order valence-electron chi connectivity index (χ2n) is 4.36. The van der Waals surface area contributed by atoms with Crippen LogP contribution in [0.3, 0.4) is 0 Å². The highest BCUT2D eigenvalue weighted by atomic mass is 32.2. The summed E-state index contributed by atoms with van der Waals surface area (Å²) in [6.07, 6.45) is 3.03. The van der Waals surface area contributed by atoms with Crippen LogP contribution in [-0.2, 0) is 16.6 Å². The quantitative estimate of drug-likeness (QED) is 0.719. The largest absolute Gasteiger partial charge is 0.384 e. The standard InChI is InChI=1S/C14H15N3O3S/c1-11-4-5-14(12(7-11)3-2-6-18)21(19,20)17-9-13-8-15-10-16-13/h4-5,7-8,10,17-18H,6,9H2,1H3,(H,15,16). The van der Waals surface area contributed by atoms with Crippen LogP contribution < -0.4 is 4.72 Å². The Balaban J connectivity index is 2.30. The van der Waals surface area contributed by atoms with Crippen LogP contribution in [0.2, 0.25) is 0 Å². The molecule has 1 aromatic heterocycles. The van der Waals surface area contributed by atoms with Crippen molar-refractivity contribution in [3.8, 4) is 11.8 Å². The van der Waals surface area contributed by atoms with E-state index in [1.807, 2.05) is 6.92 Å². The molecule has 0 atom stereocenters. The molecule has 1 heterocycles. The first-order chi connectivity index (χ1) is 10.0. The van der Waals surface area contributed by atoms with Crippen LogP contribution in [0.4, 0.5) is 0 Å². The molecule has 0 amide bonds. The molecule has 21 heavy (non-hydrogen) atoms. The maximum atomic E-state index is 12.3. The highest BCUT2D eigenvalue weighted by molar-refractivity contribution is 7.89. The van der Waals surface area contributed by atoms with Crippen molar-refractivity contribution in [2.45, 2.75) is 18.4 Å². The number of hydrogen-bond acceptors (Lipinski definition) is 4. The molecule has 0 spiro atoms. The van der Waals surface area contributed by atoms with E-state index in [1.54, 1.807) is 18.3 Å². The van der Waals surface area contributed by atoms with Crippen LogP contribution in [-0.4, -0.2) is 30.1 Å². The summed E-state index contributed by atoms with van der Waals surface area (Å²) in [6, 6.07) is 4.88. The molecular weight excluding hydrogens is 290 g/mol. The van der Waals surface area contributed by atoms with Crippen LogP contribution in [0.15, 0.2) is 35.6 Å². The van der Waals surface area contributed by atoms with Crippen molar-refractivity contribution in [3.05, 3.63) is 47.5 Å². The van der Waals surface area contributed by atoms with Gasteiger partial charge < -0.3 is 10.1 Å². The van der Waals surface area contributed by atoms with E-state index in [2.05, 4.69) is 26.5 Å². The van der Waals surface area contributed by atoms with E-state index in [9.17, 15) is 8.42 Å². The normalized spacial score (nSPS) is 11.0. The SMILES string of the molecule is Cc1ccc(S(=O)(=O)NCc2cnc[nH]2)c(C#CCO)c1. The second kappa shape index (κ2) is 6.54. The average Bonchev–Trinajstić information content (AvgIpc) is 2.96. The summed E-state index contributed by atoms with van der Waals surface area (Å²) in [4.78, 5) is 6.74. The van der Waals surface area contributed by atoms with Gasteiger partial charge in [-0.15, -0.1) is 0 Å². The molecule has 2 rings (SSSR count). The predicted molar refractivity (Wildman–Crippen MR) is 77.8 cm³/mol. The van der Waals surface area contributed by atoms with Crippen molar-refractivity contribution in [2.75, 3.05) is 6.61 Å². The van der Waals surface area contributed by atoms with E-state index in [0.717, 1.165) is 5.56 Å². The minimum atomic E-state index is -3.70. The van der Waals surface area contributed by atoms with Gasteiger partial charge in [0.2, 0.25) is 10.0 Å². The van der Waals surface area contributed by atoms with Crippen LogP contribution in [0.5, 0.6) is 0 Å². The van der Waals surface area contributed by atoms with Crippen LogP contribution in [0, 0.1) is 18.8 Å². The third-order valence-electron chi connectivity index (χ3n) is 2.73. The topological polar surface area (TPSA) is 95.1 Å². The smallest absolute Gasteiger partial charge is 0.242 e. The number of benzene rings is 1. The van der Waals surface area contributed by atoms with Gasteiger partial charge in [0.05, 0.1) is 17.8 Å². The van der Waals surface area contributed by atoms with Crippen molar-refractivity contribution in [1.29, 1.82) is 0 Å². The van der Waals surface area contributed by atoms with E-state index in [-0.39, 0.29) is 18.0 Å². The molecular formula is C14H15N3O3S. The van der Waals surface area contributed by atoms with Gasteiger partial charge in [0.15, 0.2) is 0 Å². The van der Waals surface area contributed by atoms with Crippen LogP contribution >= 0.6 is 0 Å². The van der Waals surface area contributed by atoms with Gasteiger partial charge in [0.25, 0.3) is 0 Å². The Bertz CT molecular complexity index is 772. The van der Waals surface area contributed by atoms with Crippen molar-refractivity contribution in [2.24, 2.45) is 0 Å². The zero-order valence-corrected chi connectivity index (χ0v) is 12.2. The Morgan fingerprint density at radius 2 is 2.24 bits per heavy atom. The minimum absolute atomic E-state index is 0.0913. The molecule has 0 aliphatic heterocycles. The summed E-state index contributed by atoms with van der Waals surface area (Å²) in [5.41, 5.74) is 1.92. The van der Waals surface area contributed by atoms with E-state index in [4.69, 9.17) is 5.11 Å². The Morgan fingerprint density at radius 3 is 2.90 bits per heavy atom. The van der Waals surface area contributed by atoms with Gasteiger partial charge >= 0.3 is 0 Å². The second-order valence-corrected chi connectivity index (χ2v) is 6.10. The van der Waals surface area contributed by atoms with Crippen molar-refractivity contribution in [3.63, 3.8) is 0 Å². The molecule has 0 saturated heterocycles. The van der Waals surface area contributed by atoms with Crippen molar-refractivity contribution in [1.82, 2.24) is 14.7 Å². The number of aliphatic hydroxyl groups is 1. The van der Waals surface area contributed by atoms with E-state index in [1.165, 1.54) is 12.4 Å². The van der Waals surface area contributed by atoms with Gasteiger partial charge in [-0.3, -0.25) is 0 Å². The summed E-state index contributed by atoms with van der Waals surface area (Å²) in [6.45, 7) is 1.64. The Morgan fingerprint density at radius 1 is 1.43 bits per heavy atom. The van der Waals surface area contributed by atoms with Crippen LogP contribution in [0.1, 0.15) is 16.8 Å². The summed E-state index contributed by atoms with van der Waals surface area (Å²) in [7, 11) is -3.70. The Hall–Kier alpha value is -2.14. The highest BCUT2D eigenvalue weighted by Crippen LogP contribution is 2.16. The van der Waals surface area contributed by atoms with E-state index >= 15 is 0 Å². The Labute approximate surface area is 123 Å². The third-order valence-corrected chi connectivity index (χ3v) is 4.19. The molecule has 0 bridgehead atoms. The molecule has 7 heteroatoms. The van der Waals surface area contributed by atoms with Gasteiger partial charge in [0.1, 0.15) is 6.61 Å². The molecule has 3 N–H and O–H groups in total. The first kappa shape index (κ1) is 15.3. The predicted octanol–water partition coefficient (Wildman–Crippen LogP) is 0.540. The molecule has 6 nitrogen and oxygen atoms in total. The zero-order chi connectivity index (χ0) is 15.3. The van der Waals surface area contributed by atoms with Gasteiger partial charge in [-0.05, 0) is 24.6 Å². The Kier molecular flexibility index (Phi) is 4.75. The lowest BCUT2D eigenvalue weighted by atomic mass is 10.1. The van der Waals surface area contributed by atoms with E-state index in [0.29, 0.717) is 11.3 Å². The molecule has 0 fully saturated rings. The first-order valence-electron chi connectivity index (χ1n) is 6.20. The number of aromatic nitrogens is 2. The monoisotopic (exact) mass is 305 g/mol. The minimum Gasteiger partial charge on any atom is -0.384 e. The molecule has 0 aliphatic carbocycles. The molecule has 0 radical (unpaired) electrons. The number of aryl methyl sites for hydroxylation is 1. The molecule has 2 aromatic rings. The number of nitrogens with one attached hydrogen (secondary N) is 2. The summed E-state index contributed by atoms with van der Waals surface area (Å²) in [5.74, 6) is 5.13. The molecule has 0 unspecified atom stereocenters. The van der Waals surface area contributed by atoms with Crippen molar-refractivity contribution < 1.29 is 13.5 Å². The summed E-state index contributed by atoms with van der Waals surface area (Å²) in [5, 5.41) is 8.77. The lowest BCUT2D eigenvalue weighted by molar-refractivity contribution is 0.350. The average molecular weight is 305 g/mol. The third kappa shape index (κ3) is 3.92. The molecule has 0 aliphatic rings. The van der Waals surface area contributed by atoms with Crippen molar-refractivity contribution >= 4 is 10.0 Å². The zero-order valence-electron chi connectivity index (χ0n) is 11.4. The number of H-pyrrole nitrogens is 1. The maximum Gasteiger partial charge on any atom is 0.242 e. The lowest BCUT2D eigenvalue weighted by Crippen LogP contribution is -2.24. The number of rotatable bonds is 4. The number of aromatic amines is 1. The molecule has 1 aromatic carbocycles. The molecule has 0 saturated carbocycles. The maximum absolute atomic E-state index is 12.3. The first-order valence-corrected chi connectivity index (χ1v) is 7.68. The van der Waals surface area contributed by atoms with Gasteiger partial charge in [-0.25, -0.2) is 18.1 Å². The van der Waals surface area contributed by atoms with Crippen LogP contribution in [0.25, 0.3) is 0 Å². The number of hydrogen-bond donors (Lipinski definition) is 3. The number of nitrogens with zero attached hydrogens (tertiary/aromatic N) is 1. The highest BCUT2D eigenvalue weighted by Gasteiger charge is 2.17. The number of sulfonamides is 1. The van der Waals surface area contributed by atoms with Gasteiger partial charge in [-0.1, -0.05) is 17.9 Å². The fraction of sp³-hybridized carbons (Fsp3) is 0.214. The summed E-state index contributed by atoms with van der Waals surface area (Å²) < 4.78 is 27.2. The fourth-order valence-corrected chi connectivity index (χ4v) is 2.89. The fourth-order valence-electron chi connectivity index (χ4n) is 1.74. The van der Waals surface area contributed by atoms with Gasteiger partial charge in [-0.2, -0.15) is 0 Å². The van der Waals surface area contributed by atoms with Gasteiger partial charge in [0, 0.05) is 17.5 Å². The number of aliphatic hydroxyl groups excluding tert-OH is 1. The lowest BCUT2D eigenvalue weighted by Gasteiger charge is -2.08. The summed E-state index contributed by atoms with van der Waals surface area (Å²) >= 11 is 0. The van der Waals surface area contributed by atoms with E-state index < -0.39 is 10.0 Å².